The lowest BCUT2D eigenvalue weighted by Gasteiger charge is -2.37. The Morgan fingerprint density at radius 2 is 2.04 bits per heavy atom. The Bertz CT molecular complexity index is 383. The van der Waals surface area contributed by atoms with E-state index in [9.17, 15) is 9.59 Å². The van der Waals surface area contributed by atoms with Gasteiger partial charge in [0.25, 0.3) is 0 Å². The molecule has 1 saturated heterocycles. The second kappa shape index (κ2) is 11.1. The van der Waals surface area contributed by atoms with Crippen LogP contribution in [0.25, 0.3) is 0 Å². The average molecular weight is 325 g/mol. The molecule has 0 aliphatic carbocycles. The zero-order valence-electron chi connectivity index (χ0n) is 14.6. The van der Waals surface area contributed by atoms with E-state index in [0.717, 1.165) is 32.1 Å². The van der Waals surface area contributed by atoms with Gasteiger partial charge in [0.2, 0.25) is 0 Å². The Morgan fingerprint density at radius 3 is 2.70 bits per heavy atom. The first-order valence-electron chi connectivity index (χ1n) is 8.80. The van der Waals surface area contributed by atoms with Crippen LogP contribution < -0.4 is 0 Å². The summed E-state index contributed by atoms with van der Waals surface area (Å²) in [4.78, 5) is 25.7. The van der Waals surface area contributed by atoms with Crippen LogP contribution in [-0.4, -0.2) is 43.3 Å². The first kappa shape index (κ1) is 19.5. The first-order valence-corrected chi connectivity index (χ1v) is 8.80. The molecule has 0 aromatic heterocycles. The Kier molecular flexibility index (Phi) is 9.41. The van der Waals surface area contributed by atoms with Crippen LogP contribution in [0.4, 0.5) is 4.79 Å². The Hall–Kier alpha value is -1.52. The largest absolute Gasteiger partial charge is 0.466 e. The molecule has 1 aliphatic rings. The predicted octanol–water partition coefficient (Wildman–Crippen LogP) is 3.78. The minimum atomic E-state index is -0.225. The zero-order valence-corrected chi connectivity index (χ0v) is 14.6. The molecule has 0 aromatic rings. The van der Waals surface area contributed by atoms with Crippen molar-refractivity contribution in [2.24, 2.45) is 11.8 Å². The number of amides is 1. The summed E-state index contributed by atoms with van der Waals surface area (Å²) in [6.45, 7) is 9.86. The van der Waals surface area contributed by atoms with Crippen molar-refractivity contribution in [1.29, 1.82) is 0 Å². The van der Waals surface area contributed by atoms with Gasteiger partial charge in [-0.2, -0.15) is 0 Å². The number of ether oxygens (including phenoxy) is 2. The second-order valence-corrected chi connectivity index (χ2v) is 6.10. The summed E-state index contributed by atoms with van der Waals surface area (Å²) in [6, 6.07) is 0. The van der Waals surface area contributed by atoms with Crippen LogP contribution in [0.3, 0.4) is 0 Å². The Balaban J connectivity index is 2.55. The summed E-state index contributed by atoms with van der Waals surface area (Å²) in [5, 5.41) is 0. The van der Waals surface area contributed by atoms with Crippen LogP contribution in [0.15, 0.2) is 12.7 Å². The number of allylic oxidation sites excluding steroid dienone is 1. The molecule has 1 fully saturated rings. The lowest BCUT2D eigenvalue weighted by molar-refractivity contribution is -0.145. The van der Waals surface area contributed by atoms with Crippen molar-refractivity contribution in [3.63, 3.8) is 0 Å². The number of carbonyl (C=O) groups is 2. The SMILES string of the molecule is C=CCCC1CN(C(=O)OCCCC)CCC1CC(=O)OCC. The first-order chi connectivity index (χ1) is 11.1. The van der Waals surface area contributed by atoms with E-state index < -0.39 is 0 Å². The van der Waals surface area contributed by atoms with Gasteiger partial charge in [-0.05, 0) is 44.4 Å². The monoisotopic (exact) mass is 325 g/mol. The summed E-state index contributed by atoms with van der Waals surface area (Å²) in [5.74, 6) is 0.429. The molecule has 1 aliphatic heterocycles. The summed E-state index contributed by atoms with van der Waals surface area (Å²) in [7, 11) is 0. The molecular formula is C18H31NO4. The van der Waals surface area contributed by atoms with Gasteiger partial charge >= 0.3 is 12.1 Å². The molecule has 0 aromatic carbocycles. The number of hydrogen-bond donors (Lipinski definition) is 0. The molecule has 0 saturated carbocycles. The lowest BCUT2D eigenvalue weighted by atomic mass is 9.80. The van der Waals surface area contributed by atoms with Gasteiger partial charge in [-0.3, -0.25) is 4.79 Å². The number of unbranched alkanes of at least 4 members (excludes halogenated alkanes) is 1. The van der Waals surface area contributed by atoms with E-state index in [1.807, 2.05) is 13.0 Å². The van der Waals surface area contributed by atoms with Gasteiger partial charge in [-0.1, -0.05) is 19.4 Å². The van der Waals surface area contributed by atoms with E-state index in [1.165, 1.54) is 0 Å². The van der Waals surface area contributed by atoms with Crippen LogP contribution in [0.5, 0.6) is 0 Å². The van der Waals surface area contributed by atoms with Gasteiger partial charge < -0.3 is 14.4 Å². The second-order valence-electron chi connectivity index (χ2n) is 6.10. The molecule has 132 valence electrons. The molecule has 2 atom stereocenters. The van der Waals surface area contributed by atoms with E-state index >= 15 is 0 Å². The molecule has 1 heterocycles. The maximum atomic E-state index is 12.1. The molecule has 1 rings (SSSR count). The standard InChI is InChI=1S/C18H31NO4/c1-4-7-9-16-14-19(18(21)23-12-8-5-2)11-10-15(16)13-17(20)22-6-3/h4,15-16H,1,5-14H2,2-3H3. The van der Waals surface area contributed by atoms with E-state index in [4.69, 9.17) is 9.47 Å². The molecule has 1 amide bonds. The topological polar surface area (TPSA) is 55.8 Å². The highest BCUT2D eigenvalue weighted by molar-refractivity contribution is 5.70. The zero-order chi connectivity index (χ0) is 17.1. The fourth-order valence-corrected chi connectivity index (χ4v) is 3.00. The highest BCUT2D eigenvalue weighted by atomic mass is 16.6. The van der Waals surface area contributed by atoms with Crippen molar-refractivity contribution < 1.29 is 19.1 Å². The highest BCUT2D eigenvalue weighted by Gasteiger charge is 2.33. The van der Waals surface area contributed by atoms with Gasteiger partial charge in [0.05, 0.1) is 13.2 Å². The summed E-state index contributed by atoms with van der Waals surface area (Å²) in [6.07, 6.45) is 6.66. The van der Waals surface area contributed by atoms with E-state index in [2.05, 4.69) is 13.5 Å². The fraction of sp³-hybridized carbons (Fsp3) is 0.778. The molecule has 0 bridgehead atoms. The summed E-state index contributed by atoms with van der Waals surface area (Å²) >= 11 is 0. The number of carbonyl (C=O) groups excluding carboxylic acids is 2. The number of piperidine rings is 1. The minimum Gasteiger partial charge on any atom is -0.466 e. The summed E-state index contributed by atoms with van der Waals surface area (Å²) < 4.78 is 10.4. The van der Waals surface area contributed by atoms with Gasteiger partial charge in [-0.25, -0.2) is 4.79 Å². The number of hydrogen-bond acceptors (Lipinski definition) is 4. The van der Waals surface area contributed by atoms with Crippen LogP contribution in [-0.2, 0) is 14.3 Å². The van der Waals surface area contributed by atoms with Gasteiger partial charge in [0, 0.05) is 19.5 Å². The average Bonchev–Trinajstić information content (AvgIpc) is 2.54. The number of likely N-dealkylation sites (tertiary alicyclic amines) is 1. The van der Waals surface area contributed by atoms with Crippen LogP contribution in [0.1, 0.15) is 52.4 Å². The lowest BCUT2D eigenvalue weighted by Crippen LogP contribution is -2.44. The van der Waals surface area contributed by atoms with Gasteiger partial charge in [0.15, 0.2) is 0 Å². The molecule has 0 N–H and O–H groups in total. The minimum absolute atomic E-state index is 0.139. The van der Waals surface area contributed by atoms with E-state index in [1.54, 1.807) is 4.90 Å². The smallest absolute Gasteiger partial charge is 0.409 e. The molecule has 23 heavy (non-hydrogen) atoms. The van der Waals surface area contributed by atoms with Crippen molar-refractivity contribution in [2.75, 3.05) is 26.3 Å². The third-order valence-corrected chi connectivity index (χ3v) is 4.35. The predicted molar refractivity (Wildman–Crippen MR) is 90.1 cm³/mol. The van der Waals surface area contributed by atoms with Crippen LogP contribution >= 0.6 is 0 Å². The van der Waals surface area contributed by atoms with Gasteiger partial charge in [-0.15, -0.1) is 6.58 Å². The van der Waals surface area contributed by atoms with Crippen molar-refractivity contribution in [3.8, 4) is 0 Å². The van der Waals surface area contributed by atoms with Crippen molar-refractivity contribution in [2.45, 2.75) is 52.4 Å². The molecular weight excluding hydrogens is 294 g/mol. The number of esters is 1. The Labute approximate surface area is 140 Å². The normalized spacial score (nSPS) is 20.9. The third-order valence-electron chi connectivity index (χ3n) is 4.35. The fourth-order valence-electron chi connectivity index (χ4n) is 3.00. The highest BCUT2D eigenvalue weighted by Crippen LogP contribution is 2.30. The van der Waals surface area contributed by atoms with Gasteiger partial charge in [0.1, 0.15) is 0 Å². The van der Waals surface area contributed by atoms with Crippen molar-refractivity contribution in [1.82, 2.24) is 4.90 Å². The molecule has 2 unspecified atom stereocenters. The Morgan fingerprint density at radius 1 is 1.26 bits per heavy atom. The number of nitrogens with zero attached hydrogens (tertiary/aromatic N) is 1. The van der Waals surface area contributed by atoms with Crippen molar-refractivity contribution in [3.05, 3.63) is 12.7 Å². The summed E-state index contributed by atoms with van der Waals surface area (Å²) in [5.41, 5.74) is 0. The molecule has 0 radical (unpaired) electrons. The molecule has 5 nitrogen and oxygen atoms in total. The maximum Gasteiger partial charge on any atom is 0.409 e. The third kappa shape index (κ3) is 7.06. The van der Waals surface area contributed by atoms with Crippen LogP contribution in [0.2, 0.25) is 0 Å². The molecule has 0 spiro atoms. The van der Waals surface area contributed by atoms with E-state index in [0.29, 0.717) is 38.6 Å². The van der Waals surface area contributed by atoms with E-state index in [-0.39, 0.29) is 18.0 Å². The van der Waals surface area contributed by atoms with Crippen molar-refractivity contribution >= 4 is 12.1 Å². The maximum absolute atomic E-state index is 12.1. The molecule has 5 heteroatoms. The quantitative estimate of drug-likeness (QED) is 0.368. The number of rotatable bonds is 9. The van der Waals surface area contributed by atoms with Crippen LogP contribution in [0, 0.1) is 11.8 Å².